The highest BCUT2D eigenvalue weighted by atomic mass is 19.4. The Kier molecular flexibility index (Phi) is 2.19. The smallest absolute Gasteiger partial charge is 0.416 e. The lowest BCUT2D eigenvalue weighted by Crippen LogP contribution is -2.03. The van der Waals surface area contributed by atoms with Crippen molar-refractivity contribution in [2.75, 3.05) is 0 Å². The normalized spacial score (nSPS) is 12.3. The number of hydrogen-bond donors (Lipinski definition) is 1. The van der Waals surface area contributed by atoms with Crippen LogP contribution in [0.3, 0.4) is 0 Å². The third kappa shape index (κ3) is 1.83. The van der Waals surface area contributed by atoms with Gasteiger partial charge in [0.15, 0.2) is 0 Å². The van der Waals surface area contributed by atoms with Crippen LogP contribution < -0.4 is 5.73 Å². The van der Waals surface area contributed by atoms with Gasteiger partial charge in [0.2, 0.25) is 0 Å². The molecule has 1 aromatic carbocycles. The third-order valence-electron chi connectivity index (χ3n) is 2.10. The number of rotatable bonds is 1. The van der Waals surface area contributed by atoms with Crippen molar-refractivity contribution in [2.24, 2.45) is 5.73 Å². The van der Waals surface area contributed by atoms with Gasteiger partial charge in [-0.25, -0.2) is 0 Å². The second-order valence-corrected chi connectivity index (χ2v) is 3.17. The molecule has 2 nitrogen and oxygen atoms in total. The Hall–Kier alpha value is -1.49. The van der Waals surface area contributed by atoms with Gasteiger partial charge in [-0.3, -0.25) is 0 Å². The molecule has 0 bridgehead atoms. The average molecular weight is 215 g/mol. The van der Waals surface area contributed by atoms with E-state index in [1.165, 1.54) is 12.1 Å². The van der Waals surface area contributed by atoms with Crippen LogP contribution >= 0.6 is 0 Å². The second-order valence-electron chi connectivity index (χ2n) is 3.17. The van der Waals surface area contributed by atoms with E-state index in [2.05, 4.69) is 0 Å². The summed E-state index contributed by atoms with van der Waals surface area (Å²) in [5.41, 5.74) is 5.06. The molecule has 0 aliphatic heterocycles. The van der Waals surface area contributed by atoms with Crippen molar-refractivity contribution in [3.63, 3.8) is 0 Å². The van der Waals surface area contributed by atoms with Crippen molar-refractivity contribution in [3.05, 3.63) is 35.6 Å². The zero-order valence-corrected chi connectivity index (χ0v) is 7.64. The zero-order chi connectivity index (χ0) is 11.1. The number of halogens is 3. The predicted molar refractivity (Wildman–Crippen MR) is 49.1 cm³/mol. The van der Waals surface area contributed by atoms with Gasteiger partial charge in [-0.2, -0.15) is 13.2 Å². The first-order valence-corrected chi connectivity index (χ1v) is 4.30. The van der Waals surface area contributed by atoms with Gasteiger partial charge in [0.1, 0.15) is 11.3 Å². The fourth-order valence-corrected chi connectivity index (χ4v) is 1.38. The molecule has 5 heteroatoms. The molecule has 2 aromatic rings. The summed E-state index contributed by atoms with van der Waals surface area (Å²) in [6, 6.07) is 4.87. The van der Waals surface area contributed by atoms with Gasteiger partial charge in [-0.1, -0.05) is 0 Å². The zero-order valence-electron chi connectivity index (χ0n) is 7.64. The molecule has 0 saturated heterocycles. The summed E-state index contributed by atoms with van der Waals surface area (Å²) in [6.45, 7) is 0.177. The van der Waals surface area contributed by atoms with Crippen molar-refractivity contribution >= 4 is 11.0 Å². The lowest BCUT2D eigenvalue weighted by atomic mass is 10.1. The van der Waals surface area contributed by atoms with Gasteiger partial charge in [0, 0.05) is 5.39 Å². The minimum Gasteiger partial charge on any atom is -0.460 e. The Morgan fingerprint density at radius 2 is 1.93 bits per heavy atom. The van der Waals surface area contributed by atoms with Crippen LogP contribution in [0.2, 0.25) is 0 Å². The Morgan fingerprint density at radius 3 is 2.53 bits per heavy atom. The summed E-state index contributed by atoms with van der Waals surface area (Å²) in [7, 11) is 0. The van der Waals surface area contributed by atoms with Crippen molar-refractivity contribution < 1.29 is 17.6 Å². The van der Waals surface area contributed by atoms with Gasteiger partial charge < -0.3 is 10.2 Å². The fraction of sp³-hybridized carbons (Fsp3) is 0.200. The highest BCUT2D eigenvalue weighted by molar-refractivity contribution is 5.78. The minimum absolute atomic E-state index is 0.177. The molecule has 0 unspecified atom stereocenters. The van der Waals surface area contributed by atoms with Crippen LogP contribution in [0.25, 0.3) is 11.0 Å². The number of benzene rings is 1. The van der Waals surface area contributed by atoms with Crippen molar-refractivity contribution in [1.29, 1.82) is 0 Å². The third-order valence-corrected chi connectivity index (χ3v) is 2.10. The lowest BCUT2D eigenvalue weighted by molar-refractivity contribution is -0.137. The molecule has 0 aliphatic carbocycles. The Morgan fingerprint density at radius 1 is 1.20 bits per heavy atom. The Bertz CT molecular complexity index is 487. The van der Waals surface area contributed by atoms with Crippen LogP contribution in [-0.4, -0.2) is 0 Å². The first-order valence-electron chi connectivity index (χ1n) is 4.30. The SMILES string of the molecule is NCc1cc2cc(C(F)(F)F)ccc2o1. The van der Waals surface area contributed by atoms with Crippen molar-refractivity contribution in [2.45, 2.75) is 12.7 Å². The summed E-state index contributed by atoms with van der Waals surface area (Å²) in [5.74, 6) is 0.476. The van der Waals surface area contributed by atoms with E-state index in [9.17, 15) is 13.2 Å². The average Bonchev–Trinajstić information content (AvgIpc) is 2.57. The first kappa shape index (κ1) is 10.0. The van der Waals surface area contributed by atoms with Crippen LogP contribution in [0.5, 0.6) is 0 Å². The Balaban J connectivity index is 2.55. The van der Waals surface area contributed by atoms with E-state index < -0.39 is 11.7 Å². The van der Waals surface area contributed by atoms with E-state index in [0.29, 0.717) is 16.7 Å². The quantitative estimate of drug-likeness (QED) is 0.794. The maximum atomic E-state index is 12.3. The van der Waals surface area contributed by atoms with E-state index in [-0.39, 0.29) is 6.54 Å². The molecule has 0 amide bonds. The van der Waals surface area contributed by atoms with Gasteiger partial charge in [0.05, 0.1) is 12.1 Å². The molecule has 1 aromatic heterocycles. The van der Waals surface area contributed by atoms with E-state index in [0.717, 1.165) is 12.1 Å². The summed E-state index contributed by atoms with van der Waals surface area (Å²) in [6.07, 6.45) is -4.33. The fourth-order valence-electron chi connectivity index (χ4n) is 1.38. The molecule has 0 radical (unpaired) electrons. The van der Waals surface area contributed by atoms with Gasteiger partial charge in [0.25, 0.3) is 0 Å². The van der Waals surface area contributed by atoms with E-state index in [1.807, 2.05) is 0 Å². The molecule has 2 rings (SSSR count). The van der Waals surface area contributed by atoms with Gasteiger partial charge >= 0.3 is 6.18 Å². The monoisotopic (exact) mass is 215 g/mol. The van der Waals surface area contributed by atoms with Gasteiger partial charge in [-0.05, 0) is 24.3 Å². The Labute approximate surface area is 83.5 Å². The van der Waals surface area contributed by atoms with Crippen LogP contribution in [0.4, 0.5) is 13.2 Å². The maximum absolute atomic E-state index is 12.3. The number of fused-ring (bicyclic) bond motifs is 1. The summed E-state index contributed by atoms with van der Waals surface area (Å²) in [5, 5.41) is 0.422. The number of furan rings is 1. The van der Waals surface area contributed by atoms with E-state index in [4.69, 9.17) is 10.2 Å². The van der Waals surface area contributed by atoms with Crippen LogP contribution in [0.1, 0.15) is 11.3 Å². The largest absolute Gasteiger partial charge is 0.460 e. The van der Waals surface area contributed by atoms with E-state index >= 15 is 0 Å². The molecule has 1 heterocycles. The minimum atomic E-state index is -4.33. The standard InChI is InChI=1S/C10H8F3NO/c11-10(12,13)7-1-2-9-6(3-7)4-8(5-14)15-9/h1-4H,5,14H2. The highest BCUT2D eigenvalue weighted by Crippen LogP contribution is 2.32. The summed E-state index contributed by atoms with van der Waals surface area (Å²) < 4.78 is 42.2. The lowest BCUT2D eigenvalue weighted by Gasteiger charge is -2.04. The van der Waals surface area contributed by atoms with Crippen LogP contribution in [0.15, 0.2) is 28.7 Å². The van der Waals surface area contributed by atoms with Crippen molar-refractivity contribution in [1.82, 2.24) is 0 Å². The van der Waals surface area contributed by atoms with E-state index in [1.54, 1.807) is 0 Å². The second kappa shape index (κ2) is 3.27. The molecule has 0 aliphatic rings. The molecular weight excluding hydrogens is 207 g/mol. The van der Waals surface area contributed by atoms with Crippen LogP contribution in [-0.2, 0) is 12.7 Å². The summed E-state index contributed by atoms with van der Waals surface area (Å²) >= 11 is 0. The molecule has 0 fully saturated rings. The first-order chi connectivity index (χ1) is 7.00. The maximum Gasteiger partial charge on any atom is 0.416 e. The molecule has 15 heavy (non-hydrogen) atoms. The number of alkyl halides is 3. The summed E-state index contributed by atoms with van der Waals surface area (Å²) in [4.78, 5) is 0. The predicted octanol–water partition coefficient (Wildman–Crippen LogP) is 2.91. The topological polar surface area (TPSA) is 39.2 Å². The number of hydrogen-bond acceptors (Lipinski definition) is 2. The van der Waals surface area contributed by atoms with Crippen molar-refractivity contribution in [3.8, 4) is 0 Å². The molecular formula is C10H8F3NO. The van der Waals surface area contributed by atoms with Crippen LogP contribution in [0, 0.1) is 0 Å². The number of nitrogens with two attached hydrogens (primary N) is 1. The van der Waals surface area contributed by atoms with Gasteiger partial charge in [-0.15, -0.1) is 0 Å². The molecule has 0 saturated carbocycles. The highest BCUT2D eigenvalue weighted by Gasteiger charge is 2.30. The molecule has 0 atom stereocenters. The molecule has 80 valence electrons. The molecule has 0 spiro atoms. The molecule has 2 N–H and O–H groups in total.